The highest BCUT2D eigenvalue weighted by Gasteiger charge is 2.07. The highest BCUT2D eigenvalue weighted by molar-refractivity contribution is 5.92. The van der Waals surface area contributed by atoms with Gasteiger partial charge in [0.25, 0.3) is 5.91 Å². The molecule has 0 aliphatic heterocycles. The summed E-state index contributed by atoms with van der Waals surface area (Å²) in [4.78, 5) is 20.3. The van der Waals surface area contributed by atoms with Crippen LogP contribution in [0.2, 0.25) is 0 Å². The molecule has 0 spiro atoms. The van der Waals surface area contributed by atoms with Gasteiger partial charge >= 0.3 is 0 Å². The second kappa shape index (κ2) is 8.71. The van der Waals surface area contributed by atoms with E-state index in [1.807, 2.05) is 18.2 Å². The fourth-order valence-electron chi connectivity index (χ4n) is 2.41. The van der Waals surface area contributed by atoms with Crippen molar-refractivity contribution in [3.8, 4) is 0 Å². The summed E-state index contributed by atoms with van der Waals surface area (Å²) in [6.45, 7) is 1.10. The van der Waals surface area contributed by atoms with E-state index in [1.165, 1.54) is 12.1 Å². The van der Waals surface area contributed by atoms with Gasteiger partial charge in [-0.1, -0.05) is 18.2 Å². The summed E-state index contributed by atoms with van der Waals surface area (Å²) in [5.74, 6) is -0.463. The minimum absolute atomic E-state index is 0.230. The molecule has 0 saturated heterocycles. The predicted molar refractivity (Wildman–Crippen MR) is 98.2 cm³/mol. The van der Waals surface area contributed by atoms with E-state index in [-0.39, 0.29) is 11.7 Å². The summed E-state index contributed by atoms with van der Waals surface area (Å²) >= 11 is 0. The van der Waals surface area contributed by atoms with Gasteiger partial charge in [-0.25, -0.2) is 9.37 Å². The number of nitrogens with zero attached hydrogens (tertiary/aromatic N) is 2. The van der Waals surface area contributed by atoms with E-state index in [1.54, 1.807) is 36.8 Å². The molecule has 0 saturated carbocycles. The van der Waals surface area contributed by atoms with Gasteiger partial charge in [-0.3, -0.25) is 9.78 Å². The Morgan fingerprint density at radius 3 is 2.54 bits per heavy atom. The van der Waals surface area contributed by atoms with Gasteiger partial charge in [-0.05, 0) is 47.9 Å². The highest BCUT2D eigenvalue weighted by atomic mass is 19.1. The van der Waals surface area contributed by atoms with E-state index in [2.05, 4.69) is 20.6 Å². The molecular formula is C20H19FN4O. The zero-order valence-corrected chi connectivity index (χ0v) is 14.2. The third-order valence-corrected chi connectivity index (χ3v) is 3.83. The van der Waals surface area contributed by atoms with E-state index >= 15 is 0 Å². The molecule has 2 heterocycles. The summed E-state index contributed by atoms with van der Waals surface area (Å²) < 4.78 is 12.9. The molecule has 3 rings (SSSR count). The molecule has 0 radical (unpaired) electrons. The molecule has 132 valence electrons. The fraction of sp³-hybridized carbons (Fsp3) is 0.150. The first kappa shape index (κ1) is 17.5. The minimum atomic E-state index is -0.233. The zero-order valence-electron chi connectivity index (χ0n) is 14.2. The van der Waals surface area contributed by atoms with Crippen LogP contribution in [0.25, 0.3) is 0 Å². The third-order valence-electron chi connectivity index (χ3n) is 3.83. The summed E-state index contributed by atoms with van der Waals surface area (Å²) in [6.07, 6.45) is 5.80. The van der Waals surface area contributed by atoms with Crippen LogP contribution in [0, 0.1) is 5.82 Å². The fourth-order valence-corrected chi connectivity index (χ4v) is 2.41. The van der Waals surface area contributed by atoms with E-state index in [9.17, 15) is 9.18 Å². The molecule has 26 heavy (non-hydrogen) atoms. The van der Waals surface area contributed by atoms with Gasteiger partial charge in [0, 0.05) is 25.5 Å². The Morgan fingerprint density at radius 1 is 1.00 bits per heavy atom. The number of anilines is 1. The Hall–Kier alpha value is -3.28. The molecule has 0 fully saturated rings. The molecule has 1 amide bonds. The third kappa shape index (κ3) is 5.11. The number of carbonyl (C=O) groups excluding carboxylic acids is 1. The molecule has 0 atom stereocenters. The highest BCUT2D eigenvalue weighted by Crippen LogP contribution is 2.08. The summed E-state index contributed by atoms with van der Waals surface area (Å²) in [6, 6.07) is 13.7. The van der Waals surface area contributed by atoms with Gasteiger partial charge in [0.2, 0.25) is 0 Å². The van der Waals surface area contributed by atoms with Gasteiger partial charge in [0.05, 0.1) is 11.9 Å². The molecule has 2 aromatic heterocycles. The first-order chi connectivity index (χ1) is 12.7. The molecule has 3 aromatic rings. The molecule has 0 aliphatic carbocycles. The van der Waals surface area contributed by atoms with Crippen LogP contribution >= 0.6 is 0 Å². The summed E-state index contributed by atoms with van der Waals surface area (Å²) in [5, 5.41) is 6.05. The number of aromatic nitrogens is 2. The average molecular weight is 350 g/mol. The largest absolute Gasteiger partial charge is 0.383 e. The van der Waals surface area contributed by atoms with Crippen LogP contribution in [0.3, 0.4) is 0 Å². The predicted octanol–water partition coefficient (Wildman–Crippen LogP) is 3.20. The van der Waals surface area contributed by atoms with Crippen molar-refractivity contribution in [3.05, 3.63) is 89.8 Å². The number of halogens is 1. The van der Waals surface area contributed by atoms with Gasteiger partial charge in [0.15, 0.2) is 0 Å². The van der Waals surface area contributed by atoms with Crippen molar-refractivity contribution < 1.29 is 9.18 Å². The Labute approximate surface area is 151 Å². The van der Waals surface area contributed by atoms with Crippen LogP contribution in [0.4, 0.5) is 10.1 Å². The smallest absolute Gasteiger partial charge is 0.270 e. The van der Waals surface area contributed by atoms with Crippen LogP contribution in [0.15, 0.2) is 67.1 Å². The van der Waals surface area contributed by atoms with Gasteiger partial charge in [-0.2, -0.15) is 0 Å². The van der Waals surface area contributed by atoms with Crippen molar-refractivity contribution in [1.82, 2.24) is 15.3 Å². The lowest BCUT2D eigenvalue weighted by atomic mass is 10.1. The van der Waals surface area contributed by atoms with Crippen LogP contribution in [0.1, 0.15) is 21.6 Å². The van der Waals surface area contributed by atoms with Crippen LogP contribution in [0.5, 0.6) is 0 Å². The molecular weight excluding hydrogens is 331 g/mol. The van der Waals surface area contributed by atoms with Crippen molar-refractivity contribution in [2.75, 3.05) is 11.9 Å². The van der Waals surface area contributed by atoms with E-state index in [0.717, 1.165) is 23.2 Å². The average Bonchev–Trinajstić information content (AvgIpc) is 2.69. The Bertz CT molecular complexity index is 836. The van der Waals surface area contributed by atoms with Gasteiger partial charge in [0.1, 0.15) is 11.5 Å². The molecule has 2 N–H and O–H groups in total. The van der Waals surface area contributed by atoms with Gasteiger partial charge < -0.3 is 10.6 Å². The maximum atomic E-state index is 12.9. The van der Waals surface area contributed by atoms with Crippen molar-refractivity contribution in [1.29, 1.82) is 0 Å². The van der Waals surface area contributed by atoms with E-state index in [4.69, 9.17) is 0 Å². The maximum Gasteiger partial charge on any atom is 0.270 e. The first-order valence-electron chi connectivity index (χ1n) is 8.32. The number of hydrogen-bond acceptors (Lipinski definition) is 4. The monoisotopic (exact) mass is 350 g/mol. The molecule has 5 nitrogen and oxygen atoms in total. The van der Waals surface area contributed by atoms with Crippen LogP contribution in [-0.4, -0.2) is 22.4 Å². The number of rotatable bonds is 7. The standard InChI is InChI=1S/C20H19FN4O/c21-17-5-3-15(4-6-17)9-11-23-18-7-8-19(24-14-18)20(26)25-13-16-2-1-10-22-12-16/h1-8,10,12,14,23H,9,11,13H2,(H,25,26). The number of benzene rings is 1. The number of hydrogen-bond donors (Lipinski definition) is 2. The van der Waals surface area contributed by atoms with Crippen molar-refractivity contribution >= 4 is 11.6 Å². The Morgan fingerprint density at radius 2 is 1.85 bits per heavy atom. The zero-order chi connectivity index (χ0) is 18.2. The summed E-state index contributed by atoms with van der Waals surface area (Å²) in [7, 11) is 0. The number of pyridine rings is 2. The van der Waals surface area contributed by atoms with Crippen LogP contribution < -0.4 is 10.6 Å². The van der Waals surface area contributed by atoms with Gasteiger partial charge in [-0.15, -0.1) is 0 Å². The lowest BCUT2D eigenvalue weighted by Gasteiger charge is -2.08. The molecule has 0 unspecified atom stereocenters. The molecule has 0 bridgehead atoms. The number of carbonyl (C=O) groups is 1. The number of amides is 1. The Balaban J connectivity index is 1.46. The number of nitrogens with one attached hydrogen (secondary N) is 2. The first-order valence-corrected chi connectivity index (χ1v) is 8.32. The maximum absolute atomic E-state index is 12.9. The molecule has 1 aromatic carbocycles. The summed E-state index contributed by atoms with van der Waals surface area (Å²) in [5.41, 5.74) is 3.17. The van der Waals surface area contributed by atoms with Crippen LogP contribution in [-0.2, 0) is 13.0 Å². The lowest BCUT2D eigenvalue weighted by molar-refractivity contribution is 0.0946. The van der Waals surface area contributed by atoms with E-state index in [0.29, 0.717) is 18.8 Å². The van der Waals surface area contributed by atoms with Crippen molar-refractivity contribution in [3.63, 3.8) is 0 Å². The lowest BCUT2D eigenvalue weighted by Crippen LogP contribution is -2.23. The second-order valence-corrected chi connectivity index (χ2v) is 5.78. The minimum Gasteiger partial charge on any atom is -0.383 e. The molecule has 6 heteroatoms. The Kier molecular flexibility index (Phi) is 5.88. The van der Waals surface area contributed by atoms with Crippen molar-refractivity contribution in [2.24, 2.45) is 0 Å². The quantitative estimate of drug-likeness (QED) is 0.687. The second-order valence-electron chi connectivity index (χ2n) is 5.78. The molecule has 0 aliphatic rings. The topological polar surface area (TPSA) is 66.9 Å². The normalized spacial score (nSPS) is 10.3. The van der Waals surface area contributed by atoms with E-state index < -0.39 is 0 Å². The van der Waals surface area contributed by atoms with Crippen molar-refractivity contribution in [2.45, 2.75) is 13.0 Å². The SMILES string of the molecule is O=C(NCc1cccnc1)c1ccc(NCCc2ccc(F)cc2)cn1.